The fourth-order valence-corrected chi connectivity index (χ4v) is 1.36. The van der Waals surface area contributed by atoms with Gasteiger partial charge in [0.05, 0.1) is 11.4 Å². The number of aromatic nitrogens is 2. The molecule has 2 aromatic rings. The van der Waals surface area contributed by atoms with Crippen LogP contribution in [-0.2, 0) is 0 Å². The molecule has 1 heterocycles. The van der Waals surface area contributed by atoms with Gasteiger partial charge in [-0.25, -0.2) is 4.98 Å². The molecule has 0 unspecified atom stereocenters. The van der Waals surface area contributed by atoms with Crippen LogP contribution in [0.4, 0.5) is 5.69 Å². The van der Waals surface area contributed by atoms with Crippen LogP contribution in [0.1, 0.15) is 11.3 Å². The molecule has 4 heteroatoms. The van der Waals surface area contributed by atoms with Crippen molar-refractivity contribution in [1.82, 2.24) is 9.97 Å². The minimum Gasteiger partial charge on any atom is -0.435 e. The Labute approximate surface area is 94.1 Å². The minimum absolute atomic E-state index is 0.484. The van der Waals surface area contributed by atoms with Crippen LogP contribution in [0.5, 0.6) is 11.6 Å². The van der Waals surface area contributed by atoms with Gasteiger partial charge in [-0.15, -0.1) is 0 Å². The molecule has 0 atom stereocenters. The van der Waals surface area contributed by atoms with Crippen molar-refractivity contribution < 1.29 is 4.74 Å². The summed E-state index contributed by atoms with van der Waals surface area (Å²) >= 11 is 0. The third-order valence-electron chi connectivity index (χ3n) is 2.21. The van der Waals surface area contributed by atoms with Crippen LogP contribution in [0, 0.1) is 13.8 Å². The highest BCUT2D eigenvalue weighted by Gasteiger charge is 2.06. The molecule has 0 amide bonds. The van der Waals surface area contributed by atoms with E-state index in [0.717, 1.165) is 11.3 Å². The Bertz CT molecular complexity index is 511. The summed E-state index contributed by atoms with van der Waals surface area (Å²) in [6, 6.07) is 5.64. The third-order valence-corrected chi connectivity index (χ3v) is 2.21. The first-order valence-electron chi connectivity index (χ1n) is 4.98. The Morgan fingerprint density at radius 2 is 1.88 bits per heavy atom. The van der Waals surface area contributed by atoms with E-state index in [0.29, 0.717) is 17.3 Å². The van der Waals surface area contributed by atoms with Crippen LogP contribution in [0.15, 0.2) is 30.6 Å². The molecule has 4 nitrogen and oxygen atoms in total. The summed E-state index contributed by atoms with van der Waals surface area (Å²) in [5.74, 6) is 1.09. The first-order valence-corrected chi connectivity index (χ1v) is 4.98. The number of ether oxygens (including phenoxy) is 1. The van der Waals surface area contributed by atoms with E-state index in [1.54, 1.807) is 12.4 Å². The highest BCUT2D eigenvalue weighted by molar-refractivity contribution is 5.55. The molecule has 1 aromatic heterocycles. The van der Waals surface area contributed by atoms with Gasteiger partial charge in [0.2, 0.25) is 5.88 Å². The van der Waals surface area contributed by atoms with Gasteiger partial charge in [-0.05, 0) is 31.5 Å². The molecule has 0 bridgehead atoms. The standard InChI is InChI=1S/C12H13N3O/c1-8-3-4-11(10(13)7-8)16-12-9(2)14-5-6-15-12/h3-7H,13H2,1-2H3. The van der Waals surface area contributed by atoms with Gasteiger partial charge in [0, 0.05) is 12.4 Å². The van der Waals surface area contributed by atoms with Gasteiger partial charge in [-0.2, -0.15) is 0 Å². The number of hydrogen-bond donors (Lipinski definition) is 1. The second-order valence-electron chi connectivity index (χ2n) is 3.59. The van der Waals surface area contributed by atoms with Gasteiger partial charge in [-0.1, -0.05) is 6.07 Å². The van der Waals surface area contributed by atoms with Crippen LogP contribution < -0.4 is 10.5 Å². The Hall–Kier alpha value is -2.10. The predicted molar refractivity (Wildman–Crippen MR) is 62.4 cm³/mol. The third kappa shape index (κ3) is 2.11. The minimum atomic E-state index is 0.484. The topological polar surface area (TPSA) is 61.0 Å². The summed E-state index contributed by atoms with van der Waals surface area (Å²) in [7, 11) is 0. The van der Waals surface area contributed by atoms with Gasteiger partial charge in [0.1, 0.15) is 0 Å². The lowest BCUT2D eigenvalue weighted by atomic mass is 10.2. The molecule has 2 rings (SSSR count). The number of hydrogen-bond acceptors (Lipinski definition) is 4. The lowest BCUT2D eigenvalue weighted by Crippen LogP contribution is -1.96. The van der Waals surface area contributed by atoms with Crippen molar-refractivity contribution in [2.75, 3.05) is 5.73 Å². The van der Waals surface area contributed by atoms with E-state index in [-0.39, 0.29) is 0 Å². The monoisotopic (exact) mass is 215 g/mol. The van der Waals surface area contributed by atoms with Gasteiger partial charge in [-0.3, -0.25) is 4.98 Å². The molecule has 1 aromatic carbocycles. The number of rotatable bonds is 2. The van der Waals surface area contributed by atoms with E-state index < -0.39 is 0 Å². The molecule has 16 heavy (non-hydrogen) atoms. The van der Waals surface area contributed by atoms with Crippen LogP contribution in [-0.4, -0.2) is 9.97 Å². The van der Waals surface area contributed by atoms with Crippen LogP contribution in [0.3, 0.4) is 0 Å². The predicted octanol–water partition coefficient (Wildman–Crippen LogP) is 2.47. The number of nitrogen functional groups attached to an aromatic ring is 1. The molecular formula is C12H13N3O. The zero-order valence-electron chi connectivity index (χ0n) is 9.27. The second-order valence-corrected chi connectivity index (χ2v) is 3.59. The van der Waals surface area contributed by atoms with E-state index in [9.17, 15) is 0 Å². The van der Waals surface area contributed by atoms with Gasteiger partial charge in [0.15, 0.2) is 5.75 Å². The van der Waals surface area contributed by atoms with Crippen molar-refractivity contribution in [2.45, 2.75) is 13.8 Å². The van der Waals surface area contributed by atoms with Crippen LogP contribution >= 0.6 is 0 Å². The maximum Gasteiger partial charge on any atom is 0.240 e. The molecule has 0 saturated heterocycles. The van der Waals surface area contributed by atoms with Gasteiger partial charge >= 0.3 is 0 Å². The smallest absolute Gasteiger partial charge is 0.240 e. The maximum absolute atomic E-state index is 5.85. The van der Waals surface area contributed by atoms with Crippen molar-refractivity contribution in [2.24, 2.45) is 0 Å². The molecule has 0 aliphatic rings. The first kappa shape index (κ1) is 10.4. The number of nitrogens with two attached hydrogens (primary N) is 1. The van der Waals surface area contributed by atoms with E-state index >= 15 is 0 Å². The van der Waals surface area contributed by atoms with Crippen molar-refractivity contribution in [3.8, 4) is 11.6 Å². The van der Waals surface area contributed by atoms with Gasteiger partial charge in [0.25, 0.3) is 0 Å². The lowest BCUT2D eigenvalue weighted by molar-refractivity contribution is 0.457. The fourth-order valence-electron chi connectivity index (χ4n) is 1.36. The van der Waals surface area contributed by atoms with E-state index in [1.807, 2.05) is 32.0 Å². The number of benzene rings is 1. The normalized spacial score (nSPS) is 10.1. The van der Waals surface area contributed by atoms with Crippen molar-refractivity contribution >= 4 is 5.69 Å². The Morgan fingerprint density at radius 3 is 2.56 bits per heavy atom. The van der Waals surface area contributed by atoms with E-state index in [4.69, 9.17) is 10.5 Å². The Morgan fingerprint density at radius 1 is 1.12 bits per heavy atom. The van der Waals surface area contributed by atoms with E-state index in [2.05, 4.69) is 9.97 Å². The van der Waals surface area contributed by atoms with Crippen molar-refractivity contribution in [3.05, 3.63) is 41.9 Å². The zero-order valence-corrected chi connectivity index (χ0v) is 9.27. The number of aryl methyl sites for hydroxylation is 2. The molecule has 82 valence electrons. The first-order chi connectivity index (χ1) is 7.66. The SMILES string of the molecule is Cc1ccc(Oc2nccnc2C)c(N)c1. The summed E-state index contributed by atoms with van der Waals surface area (Å²) in [4.78, 5) is 8.19. The fraction of sp³-hybridized carbons (Fsp3) is 0.167. The second kappa shape index (κ2) is 4.18. The molecule has 0 saturated carbocycles. The maximum atomic E-state index is 5.85. The molecule has 0 aliphatic carbocycles. The van der Waals surface area contributed by atoms with E-state index in [1.165, 1.54) is 0 Å². The highest BCUT2D eigenvalue weighted by Crippen LogP contribution is 2.27. The summed E-state index contributed by atoms with van der Waals surface area (Å²) in [6.45, 7) is 3.82. The zero-order chi connectivity index (χ0) is 11.5. The summed E-state index contributed by atoms with van der Waals surface area (Å²) in [5, 5.41) is 0. The summed E-state index contributed by atoms with van der Waals surface area (Å²) < 4.78 is 5.60. The quantitative estimate of drug-likeness (QED) is 0.782. The summed E-state index contributed by atoms with van der Waals surface area (Å²) in [6.07, 6.45) is 3.22. The molecule has 0 spiro atoms. The average Bonchev–Trinajstić information content (AvgIpc) is 2.25. The van der Waals surface area contributed by atoms with Crippen molar-refractivity contribution in [3.63, 3.8) is 0 Å². The molecular weight excluding hydrogens is 202 g/mol. The Kier molecular flexibility index (Phi) is 2.72. The van der Waals surface area contributed by atoms with Crippen molar-refractivity contribution in [1.29, 1.82) is 0 Å². The van der Waals surface area contributed by atoms with Crippen LogP contribution in [0.25, 0.3) is 0 Å². The molecule has 0 aliphatic heterocycles. The Balaban J connectivity index is 2.31. The number of nitrogens with zero attached hydrogens (tertiary/aromatic N) is 2. The molecule has 0 radical (unpaired) electrons. The number of anilines is 1. The summed E-state index contributed by atoms with van der Waals surface area (Å²) in [5.41, 5.74) is 8.28. The molecule has 0 fully saturated rings. The average molecular weight is 215 g/mol. The molecule has 2 N–H and O–H groups in total. The van der Waals surface area contributed by atoms with Crippen LogP contribution in [0.2, 0.25) is 0 Å². The lowest BCUT2D eigenvalue weighted by Gasteiger charge is -2.09. The highest BCUT2D eigenvalue weighted by atomic mass is 16.5. The van der Waals surface area contributed by atoms with Gasteiger partial charge < -0.3 is 10.5 Å². The largest absolute Gasteiger partial charge is 0.435 e.